The molecule has 0 unspecified atom stereocenters. The van der Waals surface area contributed by atoms with E-state index >= 15 is 0 Å². The molecule has 0 saturated heterocycles. The van der Waals surface area contributed by atoms with Crippen LogP contribution < -0.4 is 15.6 Å². The average Bonchev–Trinajstić information content (AvgIpc) is 2.53. The number of nitrogens with one attached hydrogen (secondary N) is 2. The number of H-pyrrole nitrogens is 1. The molecule has 1 aromatic carbocycles. The Labute approximate surface area is 120 Å². The summed E-state index contributed by atoms with van der Waals surface area (Å²) in [5.74, 6) is 0.970. The van der Waals surface area contributed by atoms with Crippen LogP contribution in [0.25, 0.3) is 10.9 Å². The van der Waals surface area contributed by atoms with Crippen LogP contribution in [0.3, 0.4) is 0 Å². The molecule has 0 aliphatic rings. The van der Waals surface area contributed by atoms with E-state index in [1.165, 1.54) is 0 Å². The van der Waals surface area contributed by atoms with Gasteiger partial charge in [-0.2, -0.15) is 0 Å². The molecule has 2 heterocycles. The summed E-state index contributed by atoms with van der Waals surface area (Å²) in [4.78, 5) is 23.2. The molecule has 3 rings (SSSR count). The Kier molecular flexibility index (Phi) is 3.51. The third kappa shape index (κ3) is 2.69. The average molecular weight is 282 g/mol. The van der Waals surface area contributed by atoms with E-state index in [2.05, 4.69) is 20.3 Å². The summed E-state index contributed by atoms with van der Waals surface area (Å²) in [5.41, 5.74) is 1.37. The fourth-order valence-corrected chi connectivity index (χ4v) is 2.09. The lowest BCUT2D eigenvalue weighted by atomic mass is 10.2. The van der Waals surface area contributed by atoms with E-state index in [0.29, 0.717) is 29.3 Å². The van der Waals surface area contributed by atoms with Gasteiger partial charge in [-0.15, -0.1) is 0 Å². The molecule has 0 fully saturated rings. The Hall–Kier alpha value is -2.89. The van der Waals surface area contributed by atoms with Gasteiger partial charge in [-0.1, -0.05) is 18.2 Å². The van der Waals surface area contributed by atoms with Crippen molar-refractivity contribution in [2.24, 2.45) is 0 Å². The highest BCUT2D eigenvalue weighted by Crippen LogP contribution is 2.15. The molecule has 0 aliphatic heterocycles. The van der Waals surface area contributed by atoms with E-state index in [9.17, 15) is 4.79 Å². The molecule has 6 heteroatoms. The van der Waals surface area contributed by atoms with E-state index in [4.69, 9.17) is 4.74 Å². The number of para-hydroxylation sites is 1. The Bertz CT molecular complexity index is 829. The number of aromatic amines is 1. The van der Waals surface area contributed by atoms with Crippen LogP contribution in [-0.4, -0.2) is 22.1 Å². The largest absolute Gasteiger partial charge is 0.481 e. The number of fused-ring (bicyclic) bond motifs is 1. The number of hydrogen-bond acceptors (Lipinski definition) is 5. The van der Waals surface area contributed by atoms with Gasteiger partial charge in [0.25, 0.3) is 5.56 Å². The van der Waals surface area contributed by atoms with Gasteiger partial charge in [0.2, 0.25) is 11.8 Å². The van der Waals surface area contributed by atoms with Gasteiger partial charge in [0.05, 0.1) is 18.0 Å². The smallest absolute Gasteiger partial charge is 0.260 e. The second-order valence-corrected chi connectivity index (χ2v) is 4.46. The van der Waals surface area contributed by atoms with Crippen molar-refractivity contribution in [2.75, 3.05) is 12.4 Å². The Morgan fingerprint density at radius 1 is 1.24 bits per heavy atom. The molecule has 0 bridgehead atoms. The van der Waals surface area contributed by atoms with E-state index < -0.39 is 0 Å². The zero-order valence-corrected chi connectivity index (χ0v) is 11.5. The first-order valence-electron chi connectivity index (χ1n) is 6.49. The summed E-state index contributed by atoms with van der Waals surface area (Å²) in [6, 6.07) is 10.9. The molecule has 0 radical (unpaired) electrons. The number of aromatic nitrogens is 3. The lowest BCUT2D eigenvalue weighted by Gasteiger charge is -2.09. The molecule has 0 aliphatic carbocycles. The highest BCUT2D eigenvalue weighted by atomic mass is 16.5. The lowest BCUT2D eigenvalue weighted by Crippen LogP contribution is -2.13. The van der Waals surface area contributed by atoms with Crippen molar-refractivity contribution in [3.05, 3.63) is 58.5 Å². The first-order valence-corrected chi connectivity index (χ1v) is 6.49. The molecule has 6 nitrogen and oxygen atoms in total. The second kappa shape index (κ2) is 5.62. The fourth-order valence-electron chi connectivity index (χ4n) is 2.09. The maximum atomic E-state index is 12.0. The van der Waals surface area contributed by atoms with Gasteiger partial charge in [0.1, 0.15) is 0 Å². The van der Waals surface area contributed by atoms with Crippen molar-refractivity contribution in [3.63, 3.8) is 0 Å². The Balaban J connectivity index is 1.87. The maximum absolute atomic E-state index is 12.0. The van der Waals surface area contributed by atoms with Crippen LogP contribution in [0.2, 0.25) is 0 Å². The molecule has 106 valence electrons. The minimum absolute atomic E-state index is 0.166. The first-order chi connectivity index (χ1) is 10.3. The van der Waals surface area contributed by atoms with Crippen molar-refractivity contribution >= 4 is 16.9 Å². The van der Waals surface area contributed by atoms with Crippen molar-refractivity contribution < 1.29 is 4.74 Å². The van der Waals surface area contributed by atoms with E-state index in [0.717, 1.165) is 5.56 Å². The van der Waals surface area contributed by atoms with Gasteiger partial charge in [-0.3, -0.25) is 9.78 Å². The standard InChI is InChI=1S/C15H14N4O2/c1-21-14-10(5-4-8-16-14)9-17-15-18-12-7-3-2-6-11(12)13(20)19-15/h2-8H,9H2,1H3,(H2,17,18,19,20). The number of anilines is 1. The van der Waals surface area contributed by atoms with Crippen LogP contribution in [0.1, 0.15) is 5.56 Å². The quantitative estimate of drug-likeness (QED) is 0.764. The number of ether oxygens (including phenoxy) is 1. The van der Waals surface area contributed by atoms with E-state index in [-0.39, 0.29) is 5.56 Å². The number of methoxy groups -OCH3 is 1. The van der Waals surface area contributed by atoms with Gasteiger partial charge < -0.3 is 10.1 Å². The minimum Gasteiger partial charge on any atom is -0.481 e. The summed E-state index contributed by atoms with van der Waals surface area (Å²) >= 11 is 0. The molecule has 2 N–H and O–H groups in total. The number of nitrogens with zero attached hydrogens (tertiary/aromatic N) is 2. The third-order valence-electron chi connectivity index (χ3n) is 3.10. The predicted octanol–water partition coefficient (Wildman–Crippen LogP) is 1.94. The van der Waals surface area contributed by atoms with Crippen LogP contribution in [0.4, 0.5) is 5.95 Å². The van der Waals surface area contributed by atoms with Crippen LogP contribution >= 0.6 is 0 Å². The summed E-state index contributed by atoms with van der Waals surface area (Å²) in [7, 11) is 1.57. The molecule has 3 aromatic rings. The topological polar surface area (TPSA) is 79.9 Å². The van der Waals surface area contributed by atoms with Crippen LogP contribution in [-0.2, 0) is 6.54 Å². The molecular weight excluding hydrogens is 268 g/mol. The molecule has 0 amide bonds. The first kappa shape index (κ1) is 13.1. The van der Waals surface area contributed by atoms with Crippen LogP contribution in [0.5, 0.6) is 5.88 Å². The van der Waals surface area contributed by atoms with Crippen molar-refractivity contribution in [1.82, 2.24) is 15.0 Å². The Morgan fingerprint density at radius 3 is 2.95 bits per heavy atom. The number of hydrogen-bond donors (Lipinski definition) is 2. The number of benzene rings is 1. The predicted molar refractivity (Wildman–Crippen MR) is 80.5 cm³/mol. The monoisotopic (exact) mass is 282 g/mol. The summed E-state index contributed by atoms with van der Waals surface area (Å²) in [6.45, 7) is 0.457. The van der Waals surface area contributed by atoms with E-state index in [1.807, 2.05) is 24.3 Å². The second-order valence-electron chi connectivity index (χ2n) is 4.46. The Morgan fingerprint density at radius 2 is 2.10 bits per heavy atom. The van der Waals surface area contributed by atoms with Gasteiger partial charge in [0, 0.05) is 18.3 Å². The van der Waals surface area contributed by atoms with E-state index in [1.54, 1.807) is 25.4 Å². The molecular formula is C15H14N4O2. The van der Waals surface area contributed by atoms with Gasteiger partial charge in [-0.25, -0.2) is 9.97 Å². The highest BCUT2D eigenvalue weighted by Gasteiger charge is 2.05. The minimum atomic E-state index is -0.166. The summed E-state index contributed by atoms with van der Waals surface area (Å²) < 4.78 is 5.18. The van der Waals surface area contributed by atoms with Gasteiger partial charge >= 0.3 is 0 Å². The molecule has 0 saturated carbocycles. The summed E-state index contributed by atoms with van der Waals surface area (Å²) in [5, 5.41) is 3.65. The molecule has 0 atom stereocenters. The van der Waals surface area contributed by atoms with Crippen molar-refractivity contribution in [2.45, 2.75) is 6.54 Å². The zero-order chi connectivity index (χ0) is 14.7. The van der Waals surface area contributed by atoms with Gasteiger partial charge in [0.15, 0.2) is 0 Å². The molecule has 0 spiro atoms. The van der Waals surface area contributed by atoms with Crippen LogP contribution in [0, 0.1) is 0 Å². The molecule has 2 aromatic heterocycles. The zero-order valence-electron chi connectivity index (χ0n) is 11.5. The number of rotatable bonds is 4. The van der Waals surface area contributed by atoms with Crippen molar-refractivity contribution in [3.8, 4) is 5.88 Å². The normalized spacial score (nSPS) is 10.5. The van der Waals surface area contributed by atoms with Crippen molar-refractivity contribution in [1.29, 1.82) is 0 Å². The van der Waals surface area contributed by atoms with Crippen LogP contribution in [0.15, 0.2) is 47.4 Å². The van der Waals surface area contributed by atoms with Gasteiger partial charge in [-0.05, 0) is 18.2 Å². The number of pyridine rings is 1. The highest BCUT2D eigenvalue weighted by molar-refractivity contribution is 5.78. The molecule has 21 heavy (non-hydrogen) atoms. The third-order valence-corrected chi connectivity index (χ3v) is 3.10. The summed E-state index contributed by atoms with van der Waals surface area (Å²) in [6.07, 6.45) is 1.67. The lowest BCUT2D eigenvalue weighted by molar-refractivity contribution is 0.393. The maximum Gasteiger partial charge on any atom is 0.260 e. The SMILES string of the molecule is COc1ncccc1CNc1nc2ccccc2c(=O)[nH]1. The fraction of sp³-hybridized carbons (Fsp3) is 0.133.